The number of anilines is 1. The molecule has 0 radical (unpaired) electrons. The van der Waals surface area contributed by atoms with Crippen molar-refractivity contribution in [3.8, 4) is 0 Å². The summed E-state index contributed by atoms with van der Waals surface area (Å²) in [6, 6.07) is 4.47. The van der Waals surface area contributed by atoms with Crippen LogP contribution in [0.2, 0.25) is 0 Å². The van der Waals surface area contributed by atoms with Crippen molar-refractivity contribution in [2.45, 2.75) is 19.9 Å². The average molecular weight is 236 g/mol. The summed E-state index contributed by atoms with van der Waals surface area (Å²) in [7, 11) is 1.29. The van der Waals surface area contributed by atoms with E-state index in [0.29, 0.717) is 11.3 Å². The summed E-state index contributed by atoms with van der Waals surface area (Å²) in [5.74, 6) is -0.840. The molecule has 0 bridgehead atoms. The van der Waals surface area contributed by atoms with Crippen LogP contribution in [0.5, 0.6) is 0 Å². The van der Waals surface area contributed by atoms with Crippen LogP contribution >= 0.6 is 0 Å². The molecule has 0 aromatic heterocycles. The monoisotopic (exact) mass is 236 g/mol. The summed E-state index contributed by atoms with van der Waals surface area (Å²) in [5.41, 5.74) is 7.08. The van der Waals surface area contributed by atoms with E-state index in [9.17, 15) is 9.59 Å². The average Bonchev–Trinajstić information content (AvgIpc) is 2.30. The van der Waals surface area contributed by atoms with Crippen LogP contribution in [0.15, 0.2) is 18.2 Å². The second-order valence-corrected chi connectivity index (χ2v) is 3.82. The SMILES string of the molecule is COC(=O)c1cc(C)ccc1NC(=O)C(C)N. The van der Waals surface area contributed by atoms with Crippen LogP contribution in [0.1, 0.15) is 22.8 Å². The second kappa shape index (κ2) is 5.45. The number of amides is 1. The van der Waals surface area contributed by atoms with Crippen LogP contribution in [-0.4, -0.2) is 25.0 Å². The molecule has 0 spiro atoms. The number of hydrogen-bond acceptors (Lipinski definition) is 4. The molecule has 92 valence electrons. The van der Waals surface area contributed by atoms with Crippen molar-refractivity contribution >= 4 is 17.6 Å². The molecule has 0 aliphatic rings. The van der Waals surface area contributed by atoms with Crippen molar-refractivity contribution in [3.63, 3.8) is 0 Å². The molecule has 17 heavy (non-hydrogen) atoms. The van der Waals surface area contributed by atoms with Gasteiger partial charge < -0.3 is 15.8 Å². The molecule has 1 atom stereocenters. The zero-order chi connectivity index (χ0) is 13.0. The van der Waals surface area contributed by atoms with E-state index >= 15 is 0 Å². The van der Waals surface area contributed by atoms with E-state index in [1.54, 1.807) is 25.1 Å². The summed E-state index contributed by atoms with van der Waals surface area (Å²) < 4.78 is 4.65. The summed E-state index contributed by atoms with van der Waals surface area (Å²) in [5, 5.41) is 2.59. The maximum atomic E-state index is 11.5. The molecule has 1 rings (SSSR count). The fraction of sp³-hybridized carbons (Fsp3) is 0.333. The lowest BCUT2D eigenvalue weighted by Crippen LogP contribution is -2.33. The smallest absolute Gasteiger partial charge is 0.339 e. The fourth-order valence-electron chi connectivity index (χ4n) is 1.29. The number of rotatable bonds is 3. The molecule has 3 N–H and O–H groups in total. The molecule has 0 aliphatic carbocycles. The Hall–Kier alpha value is -1.88. The number of nitrogens with one attached hydrogen (secondary N) is 1. The predicted octanol–water partition coefficient (Wildman–Crippen LogP) is 1.07. The molecule has 1 aromatic rings. The Balaban J connectivity index is 3.06. The van der Waals surface area contributed by atoms with Gasteiger partial charge in [0.2, 0.25) is 5.91 Å². The third kappa shape index (κ3) is 3.29. The van der Waals surface area contributed by atoms with Gasteiger partial charge in [0.15, 0.2) is 0 Å². The first-order valence-electron chi connectivity index (χ1n) is 5.21. The number of esters is 1. The van der Waals surface area contributed by atoms with E-state index in [1.165, 1.54) is 7.11 Å². The van der Waals surface area contributed by atoms with E-state index in [0.717, 1.165) is 5.56 Å². The van der Waals surface area contributed by atoms with E-state index in [-0.39, 0.29) is 5.91 Å². The molecule has 0 saturated heterocycles. The second-order valence-electron chi connectivity index (χ2n) is 3.82. The van der Waals surface area contributed by atoms with Gasteiger partial charge in [0, 0.05) is 0 Å². The van der Waals surface area contributed by atoms with E-state index < -0.39 is 12.0 Å². The van der Waals surface area contributed by atoms with Crippen molar-refractivity contribution in [1.82, 2.24) is 0 Å². The molecule has 1 amide bonds. The molecule has 0 heterocycles. The highest BCUT2D eigenvalue weighted by molar-refractivity contribution is 6.02. The van der Waals surface area contributed by atoms with Crippen LogP contribution < -0.4 is 11.1 Å². The van der Waals surface area contributed by atoms with Gasteiger partial charge in [0.25, 0.3) is 0 Å². The summed E-state index contributed by atoms with van der Waals surface area (Å²) in [4.78, 5) is 23.0. The molecule has 0 fully saturated rings. The predicted molar refractivity (Wildman–Crippen MR) is 64.8 cm³/mol. The summed E-state index contributed by atoms with van der Waals surface area (Å²) in [6.45, 7) is 3.42. The normalized spacial score (nSPS) is 11.8. The first-order valence-corrected chi connectivity index (χ1v) is 5.21. The molecule has 0 aliphatic heterocycles. The lowest BCUT2D eigenvalue weighted by molar-refractivity contribution is -0.117. The van der Waals surface area contributed by atoms with E-state index in [2.05, 4.69) is 10.1 Å². The van der Waals surface area contributed by atoms with Gasteiger partial charge in [-0.25, -0.2) is 4.79 Å². The first kappa shape index (κ1) is 13.2. The molecule has 1 aromatic carbocycles. The van der Waals surface area contributed by atoms with Gasteiger partial charge >= 0.3 is 5.97 Å². The third-order valence-corrected chi connectivity index (χ3v) is 2.25. The zero-order valence-corrected chi connectivity index (χ0v) is 10.1. The number of hydrogen-bond donors (Lipinski definition) is 2. The summed E-state index contributed by atoms with van der Waals surface area (Å²) >= 11 is 0. The topological polar surface area (TPSA) is 81.4 Å². The minimum Gasteiger partial charge on any atom is -0.465 e. The van der Waals surface area contributed by atoms with Crippen molar-refractivity contribution in [3.05, 3.63) is 29.3 Å². The highest BCUT2D eigenvalue weighted by Gasteiger charge is 2.15. The highest BCUT2D eigenvalue weighted by Crippen LogP contribution is 2.18. The molecule has 0 saturated carbocycles. The molecule has 5 nitrogen and oxygen atoms in total. The Kier molecular flexibility index (Phi) is 4.23. The Morgan fingerprint density at radius 2 is 2.06 bits per heavy atom. The number of aryl methyl sites for hydroxylation is 1. The van der Waals surface area contributed by atoms with Crippen LogP contribution in [0, 0.1) is 6.92 Å². The van der Waals surface area contributed by atoms with Gasteiger partial charge in [-0.3, -0.25) is 4.79 Å². The number of carbonyl (C=O) groups is 2. The van der Waals surface area contributed by atoms with Crippen LogP contribution in [0.3, 0.4) is 0 Å². The minimum atomic E-state index is -0.637. The Bertz CT molecular complexity index is 441. The Labute approximate surface area is 99.9 Å². The van der Waals surface area contributed by atoms with E-state index in [1.807, 2.05) is 6.92 Å². The lowest BCUT2D eigenvalue weighted by Gasteiger charge is -2.12. The first-order chi connectivity index (χ1) is 7.95. The standard InChI is InChI=1S/C12H16N2O3/c1-7-4-5-10(14-11(15)8(2)13)9(6-7)12(16)17-3/h4-6,8H,13H2,1-3H3,(H,14,15). The van der Waals surface area contributed by atoms with Crippen molar-refractivity contribution in [1.29, 1.82) is 0 Å². The zero-order valence-electron chi connectivity index (χ0n) is 10.1. The Morgan fingerprint density at radius 3 is 2.59 bits per heavy atom. The molecule has 5 heteroatoms. The number of methoxy groups -OCH3 is 1. The number of ether oxygens (including phenoxy) is 1. The number of nitrogens with two attached hydrogens (primary N) is 1. The number of carbonyl (C=O) groups excluding carboxylic acids is 2. The van der Waals surface area contributed by atoms with Crippen LogP contribution in [0.25, 0.3) is 0 Å². The molecule has 1 unspecified atom stereocenters. The van der Waals surface area contributed by atoms with Crippen LogP contribution in [-0.2, 0) is 9.53 Å². The van der Waals surface area contributed by atoms with Gasteiger partial charge in [-0.1, -0.05) is 11.6 Å². The maximum absolute atomic E-state index is 11.5. The van der Waals surface area contributed by atoms with Crippen LogP contribution in [0.4, 0.5) is 5.69 Å². The third-order valence-electron chi connectivity index (χ3n) is 2.25. The molecular weight excluding hydrogens is 220 g/mol. The van der Waals surface area contributed by atoms with Gasteiger partial charge in [-0.15, -0.1) is 0 Å². The minimum absolute atomic E-state index is 0.321. The maximum Gasteiger partial charge on any atom is 0.339 e. The van der Waals surface area contributed by atoms with Gasteiger partial charge in [-0.05, 0) is 26.0 Å². The van der Waals surface area contributed by atoms with Gasteiger partial charge in [0.1, 0.15) is 0 Å². The van der Waals surface area contributed by atoms with Crippen molar-refractivity contribution in [2.75, 3.05) is 12.4 Å². The van der Waals surface area contributed by atoms with Gasteiger partial charge in [-0.2, -0.15) is 0 Å². The van der Waals surface area contributed by atoms with Crippen molar-refractivity contribution in [2.24, 2.45) is 5.73 Å². The molecular formula is C12H16N2O3. The van der Waals surface area contributed by atoms with Crippen molar-refractivity contribution < 1.29 is 14.3 Å². The van der Waals surface area contributed by atoms with E-state index in [4.69, 9.17) is 5.73 Å². The largest absolute Gasteiger partial charge is 0.465 e. The number of benzene rings is 1. The highest BCUT2D eigenvalue weighted by atomic mass is 16.5. The quantitative estimate of drug-likeness (QED) is 0.769. The lowest BCUT2D eigenvalue weighted by atomic mass is 10.1. The fourth-order valence-corrected chi connectivity index (χ4v) is 1.29. The summed E-state index contributed by atoms with van der Waals surface area (Å²) in [6.07, 6.45) is 0. The Morgan fingerprint density at radius 1 is 1.41 bits per heavy atom. The van der Waals surface area contributed by atoms with Gasteiger partial charge in [0.05, 0.1) is 24.4 Å².